The van der Waals surface area contributed by atoms with E-state index in [0.29, 0.717) is 0 Å². The van der Waals surface area contributed by atoms with Gasteiger partial charge in [0, 0.05) is 0 Å². The largest absolute Gasteiger partial charge is 0.416 e. The molecule has 1 rings (SSSR count). The zero-order valence-electron chi connectivity index (χ0n) is 52.3. The Hall–Kier alpha value is 3.18. The van der Waals surface area contributed by atoms with E-state index in [-0.39, 0.29) is 0 Å². The molecule has 1 saturated heterocycles. The average molecular weight is 1330 g/mol. The van der Waals surface area contributed by atoms with Crippen molar-refractivity contribution in [3.63, 3.8) is 0 Å². The van der Waals surface area contributed by atoms with E-state index in [4.69, 9.17) is 74.1 Å². The maximum Gasteiger partial charge on any atom is 0.314 e. The molecule has 1 heterocycles. The minimum absolute atomic E-state index is 2.06. The van der Waals surface area contributed by atoms with E-state index in [1.54, 1.807) is 0 Å². The van der Waals surface area contributed by atoms with Gasteiger partial charge in [0.1, 0.15) is 0 Å². The molecule has 432 valence electrons. The Morgan fingerprint density at radius 3 is 0.139 bits per heavy atom. The lowest BCUT2D eigenvalue weighted by Gasteiger charge is -2.46. The van der Waals surface area contributed by atoms with E-state index in [1.807, 2.05) is 0 Å². The van der Waals surface area contributed by atoms with Gasteiger partial charge in [-0.05, 0) is 236 Å². The van der Waals surface area contributed by atoms with Gasteiger partial charge in [0.25, 0.3) is 0 Å². The standard InChI is InChI=1S/C36H108O18Si18/c1-55(2)37-56(3,4)39-58(7,8)41-60(11,12)43-62(15,16)45-64(19,20)47-66(23,24)49-68(27,28)51-70(31,32)53-72(35,36)54-71(33,34)52-69(29,30)50-67(25,26)48-65(21,22)46-63(17,18)44-61(13,14)42-59(9,10)40-57(5,6)38-55/h1-36H3. The van der Waals surface area contributed by atoms with Crippen LogP contribution in [0.4, 0.5) is 0 Å². The zero-order chi connectivity index (χ0) is 57.7. The van der Waals surface area contributed by atoms with Crippen LogP contribution in [0.3, 0.4) is 0 Å². The molecular formula is C36H108O18Si18. The highest BCUT2D eigenvalue weighted by molar-refractivity contribution is 6.96. The molecule has 0 spiro atoms. The van der Waals surface area contributed by atoms with E-state index in [9.17, 15) is 0 Å². The molecule has 0 unspecified atom stereocenters. The van der Waals surface area contributed by atoms with Gasteiger partial charge in [-0.3, -0.25) is 0 Å². The summed E-state index contributed by atoms with van der Waals surface area (Å²) in [5.74, 6) is 0. The summed E-state index contributed by atoms with van der Waals surface area (Å²) >= 11 is 0. The summed E-state index contributed by atoms with van der Waals surface area (Å²) in [5.41, 5.74) is 0. The van der Waals surface area contributed by atoms with Crippen LogP contribution in [0.1, 0.15) is 0 Å². The third-order valence-corrected chi connectivity index (χ3v) is 79.6. The first-order valence-corrected chi connectivity index (χ1v) is 76.0. The molecular weight excluding hydrogens is 1230 g/mol. The highest BCUT2D eigenvalue weighted by Gasteiger charge is 2.55. The van der Waals surface area contributed by atoms with Gasteiger partial charge in [-0.1, -0.05) is 0 Å². The van der Waals surface area contributed by atoms with Crippen LogP contribution in [-0.4, -0.2) is 154 Å². The summed E-state index contributed by atoms with van der Waals surface area (Å²) < 4.78 is 124. The first kappa shape index (κ1) is 73.2. The van der Waals surface area contributed by atoms with E-state index < -0.39 is 154 Å². The quantitative estimate of drug-likeness (QED) is 0.210. The molecule has 0 saturated carbocycles. The molecule has 0 radical (unpaired) electrons. The minimum atomic E-state index is -2.83. The first-order valence-electron chi connectivity index (χ1n) is 25.3. The second-order valence-corrected chi connectivity index (χ2v) is 92.1. The molecule has 0 aromatic heterocycles. The summed E-state index contributed by atoms with van der Waals surface area (Å²) in [6.07, 6.45) is 0. The van der Waals surface area contributed by atoms with Crippen LogP contribution in [0.5, 0.6) is 0 Å². The lowest BCUT2D eigenvalue weighted by Crippen LogP contribution is -2.63. The third kappa shape index (κ3) is 30.8. The van der Waals surface area contributed by atoms with Crippen molar-refractivity contribution in [3.05, 3.63) is 0 Å². The SMILES string of the molecule is C[Si]1(C)O[Si](C)(C)O[Si](C)(C)O[Si](C)(C)O[Si](C)(C)O[Si](C)(C)O[Si](C)(C)O[Si](C)(C)O[Si](C)(C)O[Si](C)(C)O[Si](C)(C)O[Si](C)(C)O[Si](C)(C)O[Si](C)(C)O[Si](C)(C)O[Si](C)(C)O[Si](C)(C)O[Si](C)(C)O1. The summed E-state index contributed by atoms with van der Waals surface area (Å²) in [6.45, 7) is 74.0. The molecule has 0 aromatic rings. The molecule has 0 aromatic carbocycles. The van der Waals surface area contributed by atoms with Crippen LogP contribution in [0.15, 0.2) is 0 Å². The van der Waals surface area contributed by atoms with Crippen LogP contribution < -0.4 is 0 Å². The highest BCUT2D eigenvalue weighted by Crippen LogP contribution is 2.35. The van der Waals surface area contributed by atoms with Crippen molar-refractivity contribution in [2.75, 3.05) is 0 Å². The number of rotatable bonds is 0. The van der Waals surface area contributed by atoms with Crippen molar-refractivity contribution in [1.82, 2.24) is 0 Å². The van der Waals surface area contributed by atoms with E-state index in [1.165, 1.54) is 0 Å². The van der Waals surface area contributed by atoms with Crippen LogP contribution in [0.2, 0.25) is 236 Å². The summed E-state index contributed by atoms with van der Waals surface area (Å²) in [4.78, 5) is 0. The molecule has 1 aliphatic rings. The topological polar surface area (TPSA) is 166 Å². The maximum atomic E-state index is 6.91. The van der Waals surface area contributed by atoms with Crippen LogP contribution in [0, 0.1) is 0 Å². The molecule has 0 amide bonds. The fourth-order valence-electron chi connectivity index (χ4n) is 11.0. The average Bonchev–Trinajstić information content (AvgIpc) is 2.82. The number of hydrogen-bond donors (Lipinski definition) is 0. The Bertz CT molecular complexity index is 1200. The first-order chi connectivity index (χ1) is 30.7. The van der Waals surface area contributed by atoms with Crippen molar-refractivity contribution >= 4 is 154 Å². The van der Waals surface area contributed by atoms with E-state index in [2.05, 4.69) is 236 Å². The van der Waals surface area contributed by atoms with Crippen LogP contribution in [-0.2, 0) is 74.1 Å². The van der Waals surface area contributed by atoms with Crippen molar-refractivity contribution in [1.29, 1.82) is 0 Å². The van der Waals surface area contributed by atoms with Gasteiger partial charge in [0.05, 0.1) is 0 Å². The summed E-state index contributed by atoms with van der Waals surface area (Å²) in [5, 5.41) is 0. The van der Waals surface area contributed by atoms with Gasteiger partial charge in [-0.15, -0.1) is 0 Å². The molecule has 18 nitrogen and oxygen atoms in total. The monoisotopic (exact) mass is 1330 g/mol. The molecule has 72 heavy (non-hydrogen) atoms. The maximum absolute atomic E-state index is 6.91. The molecule has 0 aliphatic carbocycles. The second-order valence-electron chi connectivity index (χ2n) is 27.0. The fraction of sp³-hybridized carbons (Fsp3) is 1.00. The Morgan fingerprint density at radius 1 is 0.0833 bits per heavy atom. The Morgan fingerprint density at radius 2 is 0.111 bits per heavy atom. The van der Waals surface area contributed by atoms with Gasteiger partial charge in [-0.25, -0.2) is 0 Å². The Labute approximate surface area is 460 Å². The van der Waals surface area contributed by atoms with Gasteiger partial charge in [0.15, 0.2) is 0 Å². The van der Waals surface area contributed by atoms with E-state index >= 15 is 0 Å². The smallest absolute Gasteiger partial charge is 0.314 e. The summed E-state index contributed by atoms with van der Waals surface area (Å²) in [7, 11) is -50.9. The Balaban J connectivity index is 3.70. The van der Waals surface area contributed by atoms with Gasteiger partial charge in [0.2, 0.25) is 0 Å². The van der Waals surface area contributed by atoms with Crippen LogP contribution in [0.25, 0.3) is 0 Å². The minimum Gasteiger partial charge on any atom is -0.416 e. The molecule has 0 bridgehead atoms. The molecule has 0 N–H and O–H groups in total. The van der Waals surface area contributed by atoms with Gasteiger partial charge in [-0.2, -0.15) is 0 Å². The van der Waals surface area contributed by atoms with Crippen molar-refractivity contribution in [3.8, 4) is 0 Å². The molecule has 0 atom stereocenters. The molecule has 36 heteroatoms. The van der Waals surface area contributed by atoms with Crippen molar-refractivity contribution in [2.45, 2.75) is 236 Å². The normalized spacial score (nSPS) is 31.5. The van der Waals surface area contributed by atoms with E-state index in [0.717, 1.165) is 0 Å². The fourth-order valence-corrected chi connectivity index (χ4v) is 106. The lowest BCUT2D eigenvalue weighted by molar-refractivity contribution is 0.248. The van der Waals surface area contributed by atoms with Gasteiger partial charge >= 0.3 is 154 Å². The lowest BCUT2D eigenvalue weighted by atomic mass is 11.9. The molecule has 1 fully saturated rings. The summed E-state index contributed by atoms with van der Waals surface area (Å²) in [6, 6.07) is 0. The third-order valence-electron chi connectivity index (χ3n) is 8.85. The zero-order valence-corrected chi connectivity index (χ0v) is 70.3. The highest BCUT2D eigenvalue weighted by atomic mass is 28.6. The van der Waals surface area contributed by atoms with Crippen molar-refractivity contribution in [2.24, 2.45) is 0 Å². The molecule has 1 aliphatic heterocycles. The number of hydrogen-bond acceptors (Lipinski definition) is 18. The van der Waals surface area contributed by atoms with Gasteiger partial charge < -0.3 is 74.1 Å². The van der Waals surface area contributed by atoms with Crippen LogP contribution >= 0.6 is 0 Å². The van der Waals surface area contributed by atoms with Crippen molar-refractivity contribution < 1.29 is 74.1 Å². The Kier molecular flexibility index (Phi) is 24.2. The second kappa shape index (κ2) is 23.8. The predicted octanol–water partition coefficient (Wildman–Crippen LogP) is 12.9. The predicted molar refractivity (Wildman–Crippen MR) is 334 cm³/mol.